The van der Waals surface area contributed by atoms with Crippen LogP contribution >= 0.6 is 11.5 Å². The second kappa shape index (κ2) is 7.94. The third-order valence-corrected chi connectivity index (χ3v) is 5.72. The van der Waals surface area contributed by atoms with Crippen LogP contribution in [0.15, 0.2) is 42.5 Å². The van der Waals surface area contributed by atoms with E-state index in [1.54, 1.807) is 0 Å². The summed E-state index contributed by atoms with van der Waals surface area (Å²) in [5, 5.41) is 0.938. The minimum atomic E-state index is -4.33. The van der Waals surface area contributed by atoms with E-state index in [0.29, 0.717) is 11.3 Å². The Kier molecular flexibility index (Phi) is 5.38. The molecule has 1 aromatic heterocycles. The smallest absolute Gasteiger partial charge is 0.303 e. The highest BCUT2D eigenvalue weighted by Crippen LogP contribution is 2.34. The van der Waals surface area contributed by atoms with Gasteiger partial charge < -0.3 is 4.90 Å². The number of nitrogens with zero attached hydrogens (tertiary/aromatic N) is 2. The predicted molar refractivity (Wildman–Crippen MR) is 107 cm³/mol. The van der Waals surface area contributed by atoms with Gasteiger partial charge in [-0.15, -0.1) is 0 Å². The van der Waals surface area contributed by atoms with E-state index in [9.17, 15) is 13.2 Å². The van der Waals surface area contributed by atoms with E-state index in [1.165, 1.54) is 43.2 Å². The summed E-state index contributed by atoms with van der Waals surface area (Å²) in [5.74, 6) is 6.43. The molecule has 2 nitrogen and oxygen atoms in total. The van der Waals surface area contributed by atoms with Crippen LogP contribution in [0, 0.1) is 11.8 Å². The van der Waals surface area contributed by atoms with Crippen molar-refractivity contribution >= 4 is 21.6 Å². The van der Waals surface area contributed by atoms with Gasteiger partial charge in [0.2, 0.25) is 0 Å². The van der Waals surface area contributed by atoms with Crippen LogP contribution in [0.5, 0.6) is 0 Å². The lowest BCUT2D eigenvalue weighted by Crippen LogP contribution is -2.37. The van der Waals surface area contributed by atoms with Crippen molar-refractivity contribution in [2.45, 2.75) is 25.4 Å². The zero-order chi connectivity index (χ0) is 19.6. The lowest BCUT2D eigenvalue weighted by Gasteiger charge is -2.30. The van der Waals surface area contributed by atoms with Gasteiger partial charge in [0.15, 0.2) is 0 Å². The van der Waals surface area contributed by atoms with Crippen molar-refractivity contribution < 1.29 is 13.2 Å². The van der Waals surface area contributed by atoms with E-state index in [0.717, 1.165) is 47.2 Å². The van der Waals surface area contributed by atoms with E-state index in [1.807, 2.05) is 18.2 Å². The van der Waals surface area contributed by atoms with Crippen LogP contribution in [0.25, 0.3) is 21.3 Å². The number of hydrogen-bond donors (Lipinski definition) is 0. The van der Waals surface area contributed by atoms with E-state index in [2.05, 4.69) is 21.1 Å². The average molecular weight is 400 g/mol. The van der Waals surface area contributed by atoms with Gasteiger partial charge in [-0.25, -0.2) is 0 Å². The normalized spacial score (nSPS) is 14.5. The van der Waals surface area contributed by atoms with Gasteiger partial charge in [-0.3, -0.25) is 0 Å². The maximum atomic E-state index is 12.7. The molecule has 6 heteroatoms. The fraction of sp³-hybridized carbons (Fsp3) is 0.318. The predicted octanol–water partition coefficient (Wildman–Crippen LogP) is 5.82. The number of benzene rings is 2. The van der Waals surface area contributed by atoms with Crippen LogP contribution < -0.4 is 0 Å². The minimum absolute atomic E-state index is 0.651. The third-order valence-electron chi connectivity index (χ3n) is 4.92. The third kappa shape index (κ3) is 4.21. The van der Waals surface area contributed by atoms with E-state index in [4.69, 9.17) is 0 Å². The van der Waals surface area contributed by atoms with E-state index < -0.39 is 11.7 Å². The van der Waals surface area contributed by atoms with Gasteiger partial charge in [-0.1, -0.05) is 30.0 Å². The fourth-order valence-corrected chi connectivity index (χ4v) is 4.04. The van der Waals surface area contributed by atoms with Crippen molar-refractivity contribution in [3.8, 4) is 23.1 Å². The molecule has 0 N–H and O–H groups in total. The Morgan fingerprint density at radius 2 is 1.86 bits per heavy atom. The molecule has 1 fully saturated rings. The monoisotopic (exact) mass is 400 g/mol. The molecule has 0 atom stereocenters. The number of rotatable bonds is 4. The number of halogens is 3. The molecule has 0 bridgehead atoms. The Morgan fingerprint density at radius 1 is 1.07 bits per heavy atom. The van der Waals surface area contributed by atoms with Crippen LogP contribution in [-0.4, -0.2) is 28.9 Å². The summed E-state index contributed by atoms with van der Waals surface area (Å²) in [6.45, 7) is 3.56. The van der Waals surface area contributed by atoms with Crippen molar-refractivity contribution in [2.75, 3.05) is 19.6 Å². The first-order valence-corrected chi connectivity index (χ1v) is 10.1. The van der Waals surface area contributed by atoms with Gasteiger partial charge in [-0.05, 0) is 68.3 Å². The molecular formula is C22H19F3N2S. The van der Waals surface area contributed by atoms with Gasteiger partial charge in [0, 0.05) is 22.9 Å². The number of likely N-dealkylation sites (tertiary alicyclic amines) is 1. The Balaban J connectivity index is 1.47. The van der Waals surface area contributed by atoms with Crippen molar-refractivity contribution in [1.29, 1.82) is 0 Å². The molecule has 0 amide bonds. The second-order valence-corrected chi connectivity index (χ2v) is 7.72. The summed E-state index contributed by atoms with van der Waals surface area (Å²) in [5.41, 5.74) is 1.69. The molecule has 28 heavy (non-hydrogen) atoms. The topological polar surface area (TPSA) is 16.1 Å². The molecule has 3 aromatic rings. The first-order valence-electron chi connectivity index (χ1n) is 9.29. The summed E-state index contributed by atoms with van der Waals surface area (Å²) in [6, 6.07) is 11.1. The number of aromatic nitrogens is 1. The largest absolute Gasteiger partial charge is 0.416 e. The molecule has 1 aliphatic rings. The Hall–Kier alpha value is -2.36. The first kappa shape index (κ1) is 19.0. The van der Waals surface area contributed by atoms with Crippen LogP contribution in [0.4, 0.5) is 13.2 Å². The van der Waals surface area contributed by atoms with Crippen LogP contribution in [0.3, 0.4) is 0 Å². The lowest BCUT2D eigenvalue weighted by molar-refractivity contribution is -0.137. The molecular weight excluding hydrogens is 381 g/mol. The summed E-state index contributed by atoms with van der Waals surface area (Å²) >= 11 is 1.34. The molecule has 0 aliphatic carbocycles. The van der Waals surface area contributed by atoms with Gasteiger partial charge in [0.25, 0.3) is 0 Å². The molecule has 0 saturated carbocycles. The quantitative estimate of drug-likeness (QED) is 0.405. The Morgan fingerprint density at radius 3 is 2.54 bits per heavy atom. The van der Waals surface area contributed by atoms with Crippen molar-refractivity contribution in [3.63, 3.8) is 0 Å². The molecule has 2 heterocycles. The highest BCUT2D eigenvalue weighted by molar-refractivity contribution is 7.13. The highest BCUT2D eigenvalue weighted by Gasteiger charge is 2.30. The van der Waals surface area contributed by atoms with Crippen molar-refractivity contribution in [2.24, 2.45) is 0 Å². The maximum Gasteiger partial charge on any atom is 0.416 e. The summed E-state index contributed by atoms with van der Waals surface area (Å²) in [7, 11) is 0. The average Bonchev–Trinajstić information content (AvgIpc) is 3.05. The fourth-order valence-electron chi connectivity index (χ4n) is 3.20. The molecule has 0 radical (unpaired) electrons. The zero-order valence-electron chi connectivity index (χ0n) is 15.2. The molecule has 0 unspecified atom stereocenters. The zero-order valence-corrected chi connectivity index (χ0v) is 16.0. The SMILES string of the molecule is FC(F)(F)c1ccc(-c2nsc3cc(C#CCCCN4CCC4)ccc23)cc1. The van der Waals surface area contributed by atoms with Crippen molar-refractivity contribution in [3.05, 3.63) is 53.6 Å². The Bertz CT molecular complexity index is 1020. The molecule has 2 aromatic carbocycles. The lowest BCUT2D eigenvalue weighted by atomic mass is 10.0. The Labute approximate surface area is 166 Å². The summed E-state index contributed by atoms with van der Waals surface area (Å²) < 4.78 is 43.7. The van der Waals surface area contributed by atoms with Gasteiger partial charge in [0.05, 0.1) is 16.0 Å². The van der Waals surface area contributed by atoms with E-state index in [-0.39, 0.29) is 0 Å². The highest BCUT2D eigenvalue weighted by atomic mass is 32.1. The van der Waals surface area contributed by atoms with Gasteiger partial charge >= 0.3 is 6.18 Å². The molecule has 1 aliphatic heterocycles. The van der Waals surface area contributed by atoms with Gasteiger partial charge in [-0.2, -0.15) is 17.5 Å². The minimum Gasteiger partial charge on any atom is -0.303 e. The summed E-state index contributed by atoms with van der Waals surface area (Å²) in [4.78, 5) is 2.44. The molecule has 144 valence electrons. The number of alkyl halides is 3. The van der Waals surface area contributed by atoms with E-state index >= 15 is 0 Å². The standard InChI is InChI=1S/C22H19F3N2S/c23-22(24,25)18-9-7-17(8-10-18)21-19-11-6-16(15-20(19)28-26-21)5-2-1-3-12-27-13-4-14-27/h6-11,15H,1,3-4,12-14H2. The number of unbranched alkanes of at least 4 members (excludes halogenated alkanes) is 1. The van der Waals surface area contributed by atoms with Gasteiger partial charge in [0.1, 0.15) is 0 Å². The van der Waals surface area contributed by atoms with Crippen LogP contribution in [0.2, 0.25) is 0 Å². The molecule has 4 rings (SSSR count). The number of hydrogen-bond acceptors (Lipinski definition) is 3. The van der Waals surface area contributed by atoms with Crippen LogP contribution in [0.1, 0.15) is 30.4 Å². The maximum absolute atomic E-state index is 12.7. The first-order chi connectivity index (χ1) is 13.5. The summed E-state index contributed by atoms with van der Waals surface area (Å²) in [6.07, 6.45) is -1.04. The van der Waals surface area contributed by atoms with Crippen molar-refractivity contribution in [1.82, 2.24) is 9.27 Å². The number of fused-ring (bicyclic) bond motifs is 1. The molecule has 0 spiro atoms. The second-order valence-electron chi connectivity index (χ2n) is 6.92. The van der Waals surface area contributed by atoms with Crippen LogP contribution in [-0.2, 0) is 6.18 Å². The molecule has 1 saturated heterocycles.